The van der Waals surface area contributed by atoms with E-state index in [2.05, 4.69) is 34.5 Å². The van der Waals surface area contributed by atoms with Crippen molar-refractivity contribution in [2.45, 2.75) is 52.2 Å². The molecule has 1 aliphatic rings. The monoisotopic (exact) mass is 347 g/mol. The van der Waals surface area contributed by atoms with Crippen molar-refractivity contribution < 1.29 is 5.11 Å². The molecule has 3 N–H and O–H groups in total. The number of hydrogen-bond acceptors (Lipinski definition) is 4. The van der Waals surface area contributed by atoms with E-state index < -0.39 is 0 Å². The summed E-state index contributed by atoms with van der Waals surface area (Å²) in [6.45, 7) is 6.27. The Morgan fingerprint density at radius 1 is 1.36 bits per heavy atom. The second-order valence-corrected chi connectivity index (χ2v) is 7.35. The number of aliphatic imine (C=N–C) groups is 1. The van der Waals surface area contributed by atoms with Crippen LogP contribution in [0.15, 0.2) is 23.2 Å². The molecule has 1 aromatic heterocycles. The second kappa shape index (κ2) is 9.04. The average molecular weight is 348 g/mol. The zero-order valence-corrected chi connectivity index (χ0v) is 16.0. The summed E-state index contributed by atoms with van der Waals surface area (Å²) in [6.07, 6.45) is 4.01. The SMILES string of the molecule is CCNC(=NCc1cccc(N(C)C)n1)NCC1(C)CCCCC1O. The summed E-state index contributed by atoms with van der Waals surface area (Å²) >= 11 is 0. The van der Waals surface area contributed by atoms with Gasteiger partial charge in [0, 0.05) is 32.6 Å². The van der Waals surface area contributed by atoms with E-state index in [0.717, 1.165) is 49.8 Å². The van der Waals surface area contributed by atoms with Gasteiger partial charge in [-0.3, -0.25) is 0 Å². The van der Waals surface area contributed by atoms with E-state index in [0.29, 0.717) is 6.54 Å². The number of aromatic nitrogens is 1. The molecule has 0 radical (unpaired) electrons. The van der Waals surface area contributed by atoms with E-state index in [1.165, 1.54) is 6.42 Å². The number of nitrogens with one attached hydrogen (secondary N) is 2. The van der Waals surface area contributed by atoms with Gasteiger partial charge in [0.15, 0.2) is 5.96 Å². The fourth-order valence-corrected chi connectivity index (χ4v) is 3.18. The third-order valence-corrected chi connectivity index (χ3v) is 4.93. The highest BCUT2D eigenvalue weighted by Crippen LogP contribution is 2.35. The highest BCUT2D eigenvalue weighted by Gasteiger charge is 2.35. The Bertz CT molecular complexity index is 575. The van der Waals surface area contributed by atoms with E-state index >= 15 is 0 Å². The number of hydrogen-bond donors (Lipinski definition) is 3. The minimum absolute atomic E-state index is 0.0858. The lowest BCUT2D eigenvalue weighted by molar-refractivity contribution is 0.00397. The first kappa shape index (κ1) is 19.5. The molecule has 1 saturated carbocycles. The predicted octanol–water partition coefficient (Wildman–Crippen LogP) is 2.14. The van der Waals surface area contributed by atoms with Crippen molar-refractivity contribution in [3.63, 3.8) is 0 Å². The summed E-state index contributed by atoms with van der Waals surface area (Å²) in [6, 6.07) is 5.99. The number of pyridine rings is 1. The number of rotatable bonds is 6. The Labute approximate surface area is 151 Å². The zero-order valence-electron chi connectivity index (χ0n) is 16.0. The van der Waals surface area contributed by atoms with Crippen LogP contribution < -0.4 is 15.5 Å². The van der Waals surface area contributed by atoms with Crippen molar-refractivity contribution in [2.24, 2.45) is 10.4 Å². The highest BCUT2D eigenvalue weighted by atomic mass is 16.3. The van der Waals surface area contributed by atoms with Gasteiger partial charge >= 0.3 is 0 Å². The minimum atomic E-state index is -0.241. The fourth-order valence-electron chi connectivity index (χ4n) is 3.18. The van der Waals surface area contributed by atoms with E-state index in [9.17, 15) is 5.11 Å². The van der Waals surface area contributed by atoms with Gasteiger partial charge in [-0.25, -0.2) is 9.98 Å². The molecule has 0 spiro atoms. The van der Waals surface area contributed by atoms with Crippen molar-refractivity contribution >= 4 is 11.8 Å². The molecule has 1 heterocycles. The molecule has 1 aliphatic carbocycles. The summed E-state index contributed by atoms with van der Waals surface area (Å²) < 4.78 is 0. The first-order chi connectivity index (χ1) is 11.9. The molecular weight excluding hydrogens is 314 g/mol. The normalized spacial score (nSPS) is 24.0. The standard InChI is InChI=1S/C19H33N5O/c1-5-20-18(22-14-19(2)12-7-6-10-16(19)25)21-13-15-9-8-11-17(23-15)24(3)4/h8-9,11,16,25H,5-7,10,12-14H2,1-4H3,(H2,20,21,22). The molecule has 1 fully saturated rings. The van der Waals surface area contributed by atoms with Gasteiger partial charge in [-0.2, -0.15) is 0 Å². The van der Waals surface area contributed by atoms with Crippen LogP contribution in [0.3, 0.4) is 0 Å². The molecule has 2 rings (SSSR count). The first-order valence-corrected chi connectivity index (χ1v) is 9.28. The van der Waals surface area contributed by atoms with Crippen LogP contribution in [0.4, 0.5) is 5.82 Å². The molecule has 6 nitrogen and oxygen atoms in total. The van der Waals surface area contributed by atoms with E-state index in [4.69, 9.17) is 0 Å². The third-order valence-electron chi connectivity index (χ3n) is 4.93. The third kappa shape index (κ3) is 5.59. The van der Waals surface area contributed by atoms with E-state index in [1.54, 1.807) is 0 Å². The smallest absolute Gasteiger partial charge is 0.191 e. The molecule has 0 aliphatic heterocycles. The molecule has 140 valence electrons. The number of anilines is 1. The zero-order chi connectivity index (χ0) is 18.3. The summed E-state index contributed by atoms with van der Waals surface area (Å²) in [4.78, 5) is 11.2. The second-order valence-electron chi connectivity index (χ2n) is 7.35. The molecule has 2 atom stereocenters. The van der Waals surface area contributed by atoms with Crippen molar-refractivity contribution in [3.05, 3.63) is 23.9 Å². The van der Waals surface area contributed by atoms with Crippen LogP contribution in [-0.2, 0) is 6.54 Å². The lowest BCUT2D eigenvalue weighted by Gasteiger charge is -2.38. The van der Waals surface area contributed by atoms with Crippen LogP contribution in [0.1, 0.15) is 45.2 Å². The van der Waals surface area contributed by atoms with E-state index in [-0.39, 0.29) is 11.5 Å². The summed E-state index contributed by atoms with van der Waals surface area (Å²) in [7, 11) is 3.97. The topological polar surface area (TPSA) is 72.8 Å². The number of aliphatic hydroxyl groups excluding tert-OH is 1. The van der Waals surface area contributed by atoms with Gasteiger partial charge < -0.3 is 20.6 Å². The maximum Gasteiger partial charge on any atom is 0.191 e. The van der Waals surface area contributed by atoms with Crippen molar-refractivity contribution in [1.82, 2.24) is 15.6 Å². The van der Waals surface area contributed by atoms with Crippen LogP contribution in [0.25, 0.3) is 0 Å². The van der Waals surface area contributed by atoms with E-state index in [1.807, 2.05) is 37.2 Å². The first-order valence-electron chi connectivity index (χ1n) is 9.28. The lowest BCUT2D eigenvalue weighted by Crippen LogP contribution is -2.48. The lowest BCUT2D eigenvalue weighted by atomic mass is 9.73. The number of aliphatic hydroxyl groups is 1. The Hall–Kier alpha value is -1.82. The fraction of sp³-hybridized carbons (Fsp3) is 0.684. The number of guanidine groups is 1. The van der Waals surface area contributed by atoms with Crippen LogP contribution in [0, 0.1) is 5.41 Å². The van der Waals surface area contributed by atoms with Gasteiger partial charge in [0.05, 0.1) is 18.3 Å². The Kier molecular flexibility index (Phi) is 7.05. The van der Waals surface area contributed by atoms with Gasteiger partial charge in [-0.1, -0.05) is 25.8 Å². The Morgan fingerprint density at radius 2 is 2.16 bits per heavy atom. The molecule has 0 amide bonds. The van der Waals surface area contributed by atoms with Gasteiger partial charge in [0.1, 0.15) is 5.82 Å². The molecular formula is C19H33N5O. The van der Waals surface area contributed by atoms with Gasteiger partial charge in [-0.05, 0) is 31.9 Å². The molecule has 0 bridgehead atoms. The van der Waals surface area contributed by atoms with Crippen LogP contribution in [0.5, 0.6) is 0 Å². The van der Waals surface area contributed by atoms with Crippen molar-refractivity contribution in [1.29, 1.82) is 0 Å². The summed E-state index contributed by atoms with van der Waals surface area (Å²) in [5.74, 6) is 1.71. The quantitative estimate of drug-likeness (QED) is 0.543. The maximum atomic E-state index is 10.3. The summed E-state index contributed by atoms with van der Waals surface area (Å²) in [5, 5.41) is 17.0. The van der Waals surface area contributed by atoms with Crippen LogP contribution in [0.2, 0.25) is 0 Å². The molecule has 25 heavy (non-hydrogen) atoms. The molecule has 2 unspecified atom stereocenters. The summed E-state index contributed by atoms with van der Waals surface area (Å²) in [5.41, 5.74) is 0.852. The van der Waals surface area contributed by atoms with Gasteiger partial charge in [0.25, 0.3) is 0 Å². The van der Waals surface area contributed by atoms with Crippen LogP contribution in [-0.4, -0.2) is 49.3 Å². The Morgan fingerprint density at radius 3 is 2.84 bits per heavy atom. The Balaban J connectivity index is 1.99. The van der Waals surface area contributed by atoms with Crippen LogP contribution >= 0.6 is 0 Å². The average Bonchev–Trinajstić information content (AvgIpc) is 2.60. The van der Waals surface area contributed by atoms with Crippen molar-refractivity contribution in [3.8, 4) is 0 Å². The van der Waals surface area contributed by atoms with Gasteiger partial charge in [0.2, 0.25) is 0 Å². The largest absolute Gasteiger partial charge is 0.392 e. The molecule has 0 saturated heterocycles. The van der Waals surface area contributed by atoms with Gasteiger partial charge in [-0.15, -0.1) is 0 Å². The molecule has 6 heteroatoms. The minimum Gasteiger partial charge on any atom is -0.392 e. The molecule has 1 aromatic rings. The molecule has 0 aromatic carbocycles. The predicted molar refractivity (Wildman–Crippen MR) is 104 cm³/mol. The highest BCUT2D eigenvalue weighted by molar-refractivity contribution is 5.79. The van der Waals surface area contributed by atoms with Crippen molar-refractivity contribution in [2.75, 3.05) is 32.1 Å². The maximum absolute atomic E-state index is 10.3. The number of nitrogens with zero attached hydrogens (tertiary/aromatic N) is 3.